The maximum atomic E-state index is 14.0. The quantitative estimate of drug-likeness (QED) is 0.771. The molecule has 0 aliphatic rings. The molecule has 0 heterocycles. The predicted octanol–water partition coefficient (Wildman–Crippen LogP) is 4.71. The van der Waals surface area contributed by atoms with Crippen molar-refractivity contribution in [2.24, 2.45) is 0 Å². The molecule has 1 rings (SSSR count). The normalized spacial score (nSPS) is 10.9. The minimum absolute atomic E-state index is 0.0557. The Balaban J connectivity index is 3.60. The number of halogens is 2. The fourth-order valence-corrected chi connectivity index (χ4v) is 2.89. The molecule has 0 unspecified atom stereocenters. The molecule has 0 radical (unpaired) electrons. The summed E-state index contributed by atoms with van der Waals surface area (Å²) < 4.78 is 14.8. The summed E-state index contributed by atoms with van der Waals surface area (Å²) in [5, 5.41) is 8.92. The van der Waals surface area contributed by atoms with Crippen LogP contribution in [-0.4, -0.2) is 0 Å². The summed E-state index contributed by atoms with van der Waals surface area (Å²) in [6.07, 6.45) is 0. The van der Waals surface area contributed by atoms with Crippen molar-refractivity contribution in [3.05, 3.63) is 33.0 Å². The Morgan fingerprint density at radius 2 is 1.81 bits per heavy atom. The lowest BCUT2D eigenvalue weighted by atomic mass is 9.92. The van der Waals surface area contributed by atoms with Crippen LogP contribution in [0.15, 0.2) is 10.5 Å². The van der Waals surface area contributed by atoms with Gasteiger partial charge in [0.05, 0.1) is 5.56 Å². The first-order chi connectivity index (χ1) is 7.40. The Labute approximate surface area is 104 Å². The van der Waals surface area contributed by atoms with Crippen molar-refractivity contribution >= 4 is 15.9 Å². The highest BCUT2D eigenvalue weighted by molar-refractivity contribution is 9.10. The van der Waals surface area contributed by atoms with Crippen LogP contribution in [0.5, 0.6) is 0 Å². The van der Waals surface area contributed by atoms with Crippen molar-refractivity contribution in [1.29, 1.82) is 5.26 Å². The van der Waals surface area contributed by atoms with E-state index in [1.54, 1.807) is 6.07 Å². The minimum Gasteiger partial charge on any atom is -0.205 e. The Bertz CT molecular complexity index is 444. The van der Waals surface area contributed by atoms with Crippen LogP contribution >= 0.6 is 15.9 Å². The highest BCUT2D eigenvalue weighted by Gasteiger charge is 2.20. The van der Waals surface area contributed by atoms with Gasteiger partial charge in [0.15, 0.2) is 0 Å². The van der Waals surface area contributed by atoms with E-state index < -0.39 is 5.82 Å². The third-order valence-electron chi connectivity index (χ3n) is 2.58. The minimum atomic E-state index is -0.395. The highest BCUT2D eigenvalue weighted by Crippen LogP contribution is 2.35. The SMILES string of the molecule is CC(C)c1cc(C#N)c(F)c(C(C)C)c1Br. The molecular weight excluding hydrogens is 269 g/mol. The van der Waals surface area contributed by atoms with E-state index in [-0.39, 0.29) is 17.4 Å². The molecule has 0 spiro atoms. The first-order valence-electron chi connectivity index (χ1n) is 5.32. The average Bonchev–Trinajstić information content (AvgIpc) is 2.16. The van der Waals surface area contributed by atoms with Crippen LogP contribution in [0.2, 0.25) is 0 Å². The fraction of sp³-hybridized carbons (Fsp3) is 0.462. The second-order valence-electron chi connectivity index (χ2n) is 4.48. The molecule has 0 N–H and O–H groups in total. The molecule has 0 saturated heterocycles. The molecular formula is C13H15BrFN. The van der Waals surface area contributed by atoms with Crippen LogP contribution in [0.3, 0.4) is 0 Å². The topological polar surface area (TPSA) is 23.8 Å². The Morgan fingerprint density at radius 3 is 2.19 bits per heavy atom. The van der Waals surface area contributed by atoms with Gasteiger partial charge in [0.2, 0.25) is 0 Å². The maximum absolute atomic E-state index is 14.0. The zero-order valence-electron chi connectivity index (χ0n) is 9.94. The zero-order valence-corrected chi connectivity index (χ0v) is 11.5. The largest absolute Gasteiger partial charge is 0.205 e. The van der Waals surface area contributed by atoms with Gasteiger partial charge in [-0.2, -0.15) is 5.26 Å². The smallest absolute Gasteiger partial charge is 0.145 e. The van der Waals surface area contributed by atoms with Crippen molar-refractivity contribution in [2.75, 3.05) is 0 Å². The molecule has 3 heteroatoms. The number of benzene rings is 1. The van der Waals surface area contributed by atoms with E-state index in [4.69, 9.17) is 5.26 Å². The van der Waals surface area contributed by atoms with E-state index in [1.165, 1.54) is 0 Å². The number of nitriles is 1. The van der Waals surface area contributed by atoms with Crippen molar-refractivity contribution in [3.8, 4) is 6.07 Å². The van der Waals surface area contributed by atoms with Crippen LogP contribution in [0.4, 0.5) is 4.39 Å². The monoisotopic (exact) mass is 283 g/mol. The van der Waals surface area contributed by atoms with Crippen LogP contribution in [-0.2, 0) is 0 Å². The van der Waals surface area contributed by atoms with Gasteiger partial charge >= 0.3 is 0 Å². The number of hydrogen-bond donors (Lipinski definition) is 0. The lowest BCUT2D eigenvalue weighted by molar-refractivity contribution is 0.590. The summed E-state index contributed by atoms with van der Waals surface area (Å²) in [5.74, 6) is -0.0754. The van der Waals surface area contributed by atoms with Crippen molar-refractivity contribution in [3.63, 3.8) is 0 Å². The second-order valence-corrected chi connectivity index (χ2v) is 5.27. The third kappa shape index (κ3) is 2.27. The molecule has 0 aliphatic heterocycles. The molecule has 0 fully saturated rings. The van der Waals surface area contributed by atoms with E-state index in [2.05, 4.69) is 15.9 Å². The standard InChI is InChI=1S/C13H15BrFN/c1-7(2)10-5-9(6-16)13(15)11(8(3)4)12(10)14/h5,7-8H,1-4H3. The number of rotatable bonds is 2. The fourth-order valence-electron chi connectivity index (χ4n) is 1.69. The lowest BCUT2D eigenvalue weighted by Crippen LogP contribution is -2.03. The average molecular weight is 284 g/mol. The first-order valence-corrected chi connectivity index (χ1v) is 6.11. The highest BCUT2D eigenvalue weighted by atomic mass is 79.9. The molecule has 0 atom stereocenters. The van der Waals surface area contributed by atoms with Crippen LogP contribution in [0.25, 0.3) is 0 Å². The van der Waals surface area contributed by atoms with Crippen molar-refractivity contribution < 1.29 is 4.39 Å². The molecule has 0 aromatic heterocycles. The summed E-state index contributed by atoms with van der Waals surface area (Å²) in [6.45, 7) is 7.91. The van der Waals surface area contributed by atoms with Gasteiger partial charge in [-0.3, -0.25) is 0 Å². The van der Waals surface area contributed by atoms with E-state index in [1.807, 2.05) is 33.8 Å². The Morgan fingerprint density at radius 1 is 1.25 bits per heavy atom. The molecule has 86 valence electrons. The van der Waals surface area contributed by atoms with E-state index in [0.29, 0.717) is 5.56 Å². The lowest BCUT2D eigenvalue weighted by Gasteiger charge is -2.17. The predicted molar refractivity (Wildman–Crippen MR) is 67.0 cm³/mol. The first kappa shape index (κ1) is 13.2. The van der Waals surface area contributed by atoms with Crippen LogP contribution in [0.1, 0.15) is 56.2 Å². The maximum Gasteiger partial charge on any atom is 0.145 e. The van der Waals surface area contributed by atoms with Gasteiger partial charge in [0.25, 0.3) is 0 Å². The van der Waals surface area contributed by atoms with Crippen molar-refractivity contribution in [1.82, 2.24) is 0 Å². The Hall–Kier alpha value is -0.880. The second kappa shape index (κ2) is 4.97. The van der Waals surface area contributed by atoms with Gasteiger partial charge in [-0.05, 0) is 23.5 Å². The van der Waals surface area contributed by atoms with Gasteiger partial charge < -0.3 is 0 Å². The van der Waals surface area contributed by atoms with Crippen molar-refractivity contribution in [2.45, 2.75) is 39.5 Å². The summed E-state index contributed by atoms with van der Waals surface area (Å²) in [4.78, 5) is 0. The zero-order chi connectivity index (χ0) is 12.5. The molecule has 0 amide bonds. The van der Waals surface area contributed by atoms with Crippen LogP contribution < -0.4 is 0 Å². The number of hydrogen-bond acceptors (Lipinski definition) is 1. The molecule has 0 bridgehead atoms. The van der Waals surface area contributed by atoms with Gasteiger partial charge in [-0.15, -0.1) is 0 Å². The summed E-state index contributed by atoms with van der Waals surface area (Å²) in [6, 6.07) is 3.55. The van der Waals surface area contributed by atoms with Gasteiger partial charge in [0.1, 0.15) is 11.9 Å². The van der Waals surface area contributed by atoms with Gasteiger partial charge in [0, 0.05) is 10.0 Å². The molecule has 1 aromatic carbocycles. The van der Waals surface area contributed by atoms with E-state index in [9.17, 15) is 4.39 Å². The Kier molecular flexibility index (Phi) is 4.09. The van der Waals surface area contributed by atoms with Crippen LogP contribution in [0, 0.1) is 17.1 Å². The number of nitrogens with zero attached hydrogens (tertiary/aromatic N) is 1. The van der Waals surface area contributed by atoms with Gasteiger partial charge in [-0.25, -0.2) is 4.39 Å². The molecule has 0 aliphatic carbocycles. The summed E-state index contributed by atoms with van der Waals surface area (Å²) in [7, 11) is 0. The molecule has 1 aromatic rings. The van der Waals surface area contributed by atoms with E-state index >= 15 is 0 Å². The van der Waals surface area contributed by atoms with Gasteiger partial charge in [-0.1, -0.05) is 43.6 Å². The van der Waals surface area contributed by atoms with E-state index in [0.717, 1.165) is 10.0 Å². The molecule has 1 nitrogen and oxygen atoms in total. The molecule has 0 saturated carbocycles. The third-order valence-corrected chi connectivity index (χ3v) is 3.47. The summed E-state index contributed by atoms with van der Waals surface area (Å²) in [5.41, 5.74) is 1.72. The molecule has 16 heavy (non-hydrogen) atoms. The summed E-state index contributed by atoms with van der Waals surface area (Å²) >= 11 is 3.45.